The third-order valence-electron chi connectivity index (χ3n) is 4.90. The highest BCUT2D eigenvalue weighted by Crippen LogP contribution is 2.26. The molecule has 0 aromatic heterocycles. The van der Waals surface area contributed by atoms with Gasteiger partial charge < -0.3 is 10.6 Å². The van der Waals surface area contributed by atoms with E-state index in [9.17, 15) is 17.6 Å². The van der Waals surface area contributed by atoms with E-state index < -0.39 is 21.9 Å². The van der Waals surface area contributed by atoms with Gasteiger partial charge in [0.2, 0.25) is 15.9 Å². The molecule has 1 aliphatic rings. The van der Waals surface area contributed by atoms with Crippen molar-refractivity contribution >= 4 is 21.6 Å². The van der Waals surface area contributed by atoms with Crippen LogP contribution in [0, 0.1) is 5.82 Å². The Morgan fingerprint density at radius 1 is 1.21 bits per heavy atom. The molecule has 8 heteroatoms. The number of halogens is 1. The van der Waals surface area contributed by atoms with Crippen molar-refractivity contribution < 1.29 is 17.6 Å². The third-order valence-corrected chi connectivity index (χ3v) is 6.82. The lowest BCUT2D eigenvalue weighted by Gasteiger charge is -2.23. The summed E-state index contributed by atoms with van der Waals surface area (Å²) in [6.45, 7) is 3.55. The van der Waals surface area contributed by atoms with Crippen molar-refractivity contribution in [2.24, 2.45) is 0 Å². The number of hydrogen-bond acceptors (Lipinski definition) is 4. The van der Waals surface area contributed by atoms with Gasteiger partial charge in [-0.3, -0.25) is 4.79 Å². The van der Waals surface area contributed by atoms with Crippen molar-refractivity contribution in [3.63, 3.8) is 0 Å². The zero-order valence-corrected chi connectivity index (χ0v) is 17.2. The molecule has 1 saturated heterocycles. The molecular weight excluding hydrogens is 393 g/mol. The zero-order chi connectivity index (χ0) is 20.9. The summed E-state index contributed by atoms with van der Waals surface area (Å²) in [5, 5.41) is 6.15. The molecule has 1 heterocycles. The Bertz CT molecular complexity index is 948. The molecule has 156 valence electrons. The fraction of sp³-hybridized carbons (Fsp3) is 0.381. The van der Waals surface area contributed by atoms with Crippen molar-refractivity contribution in [3.8, 4) is 0 Å². The van der Waals surface area contributed by atoms with E-state index in [1.54, 1.807) is 0 Å². The van der Waals surface area contributed by atoms with Gasteiger partial charge in [-0.25, -0.2) is 12.8 Å². The number of nitrogens with zero attached hydrogens (tertiary/aromatic N) is 1. The van der Waals surface area contributed by atoms with Gasteiger partial charge in [0.1, 0.15) is 11.9 Å². The zero-order valence-electron chi connectivity index (χ0n) is 16.4. The van der Waals surface area contributed by atoms with E-state index in [-0.39, 0.29) is 17.3 Å². The molecule has 0 radical (unpaired) electrons. The lowest BCUT2D eigenvalue weighted by atomic mass is 10.1. The number of hydrogen-bond donors (Lipinski definition) is 2. The molecule has 0 aliphatic carbocycles. The molecule has 0 saturated carbocycles. The van der Waals surface area contributed by atoms with Crippen LogP contribution in [-0.2, 0) is 21.4 Å². The Balaban J connectivity index is 1.66. The van der Waals surface area contributed by atoms with Gasteiger partial charge in [0, 0.05) is 25.3 Å². The number of carbonyl (C=O) groups is 1. The maximum absolute atomic E-state index is 13.1. The quantitative estimate of drug-likeness (QED) is 0.689. The first-order valence-corrected chi connectivity index (χ1v) is 11.2. The average Bonchev–Trinajstić information content (AvgIpc) is 3.22. The summed E-state index contributed by atoms with van der Waals surface area (Å²) in [5.74, 6) is -0.824. The number of anilines is 1. The fourth-order valence-electron chi connectivity index (χ4n) is 3.40. The molecule has 2 aromatic rings. The molecule has 0 bridgehead atoms. The lowest BCUT2D eigenvalue weighted by molar-refractivity contribution is -0.124. The third kappa shape index (κ3) is 5.13. The standard InChI is InChI=1S/C21H26FN3O3S/c1-2-12-23-18-6-3-5-16(14-18)15-24-21(26)20-7-4-13-25(20)29(27,28)19-10-8-17(22)9-11-19/h3,5-6,8-11,14,20,23H,2,4,7,12-13,15H2,1H3,(H,24,26)/t20-/m0/s1. The van der Waals surface area contributed by atoms with Crippen molar-refractivity contribution in [2.45, 2.75) is 43.7 Å². The minimum absolute atomic E-state index is 0.00620. The van der Waals surface area contributed by atoms with Crippen LogP contribution in [0.4, 0.5) is 10.1 Å². The Kier molecular flexibility index (Phi) is 6.87. The van der Waals surface area contributed by atoms with E-state index >= 15 is 0 Å². The van der Waals surface area contributed by atoms with Crippen LogP contribution >= 0.6 is 0 Å². The second kappa shape index (κ2) is 9.37. The van der Waals surface area contributed by atoms with Gasteiger partial charge in [0.25, 0.3) is 0 Å². The maximum atomic E-state index is 13.1. The van der Waals surface area contributed by atoms with E-state index in [2.05, 4.69) is 17.6 Å². The van der Waals surface area contributed by atoms with E-state index in [0.29, 0.717) is 19.4 Å². The Labute approximate surface area is 171 Å². The molecule has 1 amide bonds. The van der Waals surface area contributed by atoms with Gasteiger partial charge in [-0.15, -0.1) is 0 Å². The lowest BCUT2D eigenvalue weighted by Crippen LogP contribution is -2.45. The van der Waals surface area contributed by atoms with Crippen molar-refractivity contribution in [3.05, 3.63) is 59.9 Å². The second-order valence-corrected chi connectivity index (χ2v) is 8.96. The summed E-state index contributed by atoms with van der Waals surface area (Å²) in [7, 11) is -3.85. The van der Waals surface area contributed by atoms with E-state index in [1.807, 2.05) is 24.3 Å². The van der Waals surface area contributed by atoms with Gasteiger partial charge in [0.05, 0.1) is 4.90 Å². The van der Waals surface area contributed by atoms with Crippen LogP contribution in [0.25, 0.3) is 0 Å². The Morgan fingerprint density at radius 2 is 1.97 bits per heavy atom. The van der Waals surface area contributed by atoms with Crippen LogP contribution < -0.4 is 10.6 Å². The average molecular weight is 420 g/mol. The van der Waals surface area contributed by atoms with E-state index in [0.717, 1.165) is 36.3 Å². The minimum atomic E-state index is -3.85. The van der Waals surface area contributed by atoms with Gasteiger partial charge >= 0.3 is 0 Å². The smallest absolute Gasteiger partial charge is 0.243 e. The molecular formula is C21H26FN3O3S. The minimum Gasteiger partial charge on any atom is -0.385 e. The summed E-state index contributed by atoms with van der Waals surface area (Å²) in [5.41, 5.74) is 1.92. The molecule has 0 unspecified atom stereocenters. The first-order valence-electron chi connectivity index (χ1n) is 9.79. The first kappa shape index (κ1) is 21.3. The van der Waals surface area contributed by atoms with Crippen molar-refractivity contribution in [1.29, 1.82) is 0 Å². The molecule has 1 atom stereocenters. The topological polar surface area (TPSA) is 78.5 Å². The number of amides is 1. The van der Waals surface area contributed by atoms with Crippen LogP contribution in [0.5, 0.6) is 0 Å². The van der Waals surface area contributed by atoms with Gasteiger partial charge in [-0.05, 0) is 61.2 Å². The normalized spacial score (nSPS) is 17.2. The maximum Gasteiger partial charge on any atom is 0.243 e. The molecule has 6 nitrogen and oxygen atoms in total. The van der Waals surface area contributed by atoms with E-state index in [1.165, 1.54) is 16.4 Å². The molecule has 29 heavy (non-hydrogen) atoms. The Hall–Kier alpha value is -2.45. The number of rotatable bonds is 8. The number of benzene rings is 2. The van der Waals surface area contributed by atoms with Crippen LogP contribution in [0.1, 0.15) is 31.7 Å². The van der Waals surface area contributed by atoms with Gasteiger partial charge in [-0.2, -0.15) is 4.31 Å². The Morgan fingerprint density at radius 3 is 2.69 bits per heavy atom. The molecule has 2 N–H and O–H groups in total. The predicted octanol–water partition coefficient (Wildman–Crippen LogP) is 3.12. The monoisotopic (exact) mass is 419 g/mol. The summed E-state index contributed by atoms with van der Waals surface area (Å²) in [4.78, 5) is 12.7. The van der Waals surface area contributed by atoms with Crippen LogP contribution in [0.15, 0.2) is 53.4 Å². The van der Waals surface area contributed by atoms with Crippen LogP contribution in [0.3, 0.4) is 0 Å². The summed E-state index contributed by atoms with van der Waals surface area (Å²) in [6.07, 6.45) is 2.08. The van der Waals surface area contributed by atoms with Crippen molar-refractivity contribution in [1.82, 2.24) is 9.62 Å². The highest BCUT2D eigenvalue weighted by Gasteiger charge is 2.39. The van der Waals surface area contributed by atoms with Crippen molar-refractivity contribution in [2.75, 3.05) is 18.4 Å². The molecule has 2 aromatic carbocycles. The summed E-state index contributed by atoms with van der Waals surface area (Å²) >= 11 is 0. The number of sulfonamides is 1. The van der Waals surface area contributed by atoms with Crippen LogP contribution in [-0.4, -0.2) is 37.8 Å². The predicted molar refractivity (Wildman–Crippen MR) is 110 cm³/mol. The first-order chi connectivity index (χ1) is 13.9. The van der Waals surface area contributed by atoms with Gasteiger partial charge in [-0.1, -0.05) is 19.1 Å². The summed E-state index contributed by atoms with van der Waals surface area (Å²) in [6, 6.07) is 11.7. The number of nitrogens with one attached hydrogen (secondary N) is 2. The molecule has 0 spiro atoms. The largest absolute Gasteiger partial charge is 0.385 e. The highest BCUT2D eigenvalue weighted by atomic mass is 32.2. The molecule has 1 fully saturated rings. The molecule has 3 rings (SSSR count). The SMILES string of the molecule is CCCNc1cccc(CNC(=O)[C@@H]2CCCN2S(=O)(=O)c2ccc(F)cc2)c1. The highest BCUT2D eigenvalue weighted by molar-refractivity contribution is 7.89. The number of carbonyl (C=O) groups excluding carboxylic acids is 1. The molecule has 1 aliphatic heterocycles. The fourth-order valence-corrected chi connectivity index (χ4v) is 5.06. The van der Waals surface area contributed by atoms with Gasteiger partial charge in [0.15, 0.2) is 0 Å². The van der Waals surface area contributed by atoms with Crippen LogP contribution in [0.2, 0.25) is 0 Å². The summed E-state index contributed by atoms with van der Waals surface area (Å²) < 4.78 is 40.1. The second-order valence-electron chi connectivity index (χ2n) is 7.07. The van der Waals surface area contributed by atoms with E-state index in [4.69, 9.17) is 0 Å².